The van der Waals surface area contributed by atoms with Crippen molar-refractivity contribution in [2.24, 2.45) is 11.8 Å². The Hall–Kier alpha value is -1.43. The van der Waals surface area contributed by atoms with E-state index < -0.39 is 0 Å². The lowest BCUT2D eigenvalue weighted by molar-refractivity contribution is 0.0730. The van der Waals surface area contributed by atoms with E-state index in [2.05, 4.69) is 20.3 Å². The highest BCUT2D eigenvalue weighted by atomic mass is 16.2. The van der Waals surface area contributed by atoms with E-state index in [4.69, 9.17) is 0 Å². The fourth-order valence-electron chi connectivity index (χ4n) is 3.84. The van der Waals surface area contributed by atoms with Crippen LogP contribution in [-0.4, -0.2) is 63.3 Å². The van der Waals surface area contributed by atoms with E-state index in [9.17, 15) is 4.79 Å². The molecule has 1 aromatic rings. The monoisotopic (exact) mass is 289 g/mol. The summed E-state index contributed by atoms with van der Waals surface area (Å²) in [6, 6.07) is 0.542. The second-order valence-electron chi connectivity index (χ2n) is 6.96. The number of carbonyl (C=O) groups excluding carboxylic acids is 1. The second-order valence-corrected chi connectivity index (χ2v) is 6.96. The van der Waals surface area contributed by atoms with Gasteiger partial charge in [-0.1, -0.05) is 0 Å². The maximum atomic E-state index is 12.7. The van der Waals surface area contributed by atoms with E-state index in [1.165, 1.54) is 38.8 Å². The summed E-state index contributed by atoms with van der Waals surface area (Å²) in [5.41, 5.74) is 1.19. The van der Waals surface area contributed by atoms with Crippen LogP contribution in [0, 0.1) is 18.8 Å². The minimum Gasteiger partial charge on any atom is -0.335 e. The third-order valence-electron chi connectivity index (χ3n) is 5.23. The molecule has 4 fully saturated rings. The Bertz CT molecular complexity index is 538. The van der Waals surface area contributed by atoms with Crippen molar-refractivity contribution < 1.29 is 4.79 Å². The van der Waals surface area contributed by atoms with E-state index in [-0.39, 0.29) is 5.91 Å². The number of aromatic amines is 1. The zero-order valence-corrected chi connectivity index (χ0v) is 12.6. The molecule has 2 atom stereocenters. The topological polar surface area (TPSA) is 65.1 Å². The van der Waals surface area contributed by atoms with Crippen LogP contribution in [0.1, 0.15) is 41.9 Å². The van der Waals surface area contributed by atoms with Crippen LogP contribution >= 0.6 is 0 Å². The summed E-state index contributed by atoms with van der Waals surface area (Å²) in [5.74, 6) is 1.59. The molecule has 0 spiro atoms. The summed E-state index contributed by atoms with van der Waals surface area (Å²) >= 11 is 0. The molecule has 1 N–H and O–H groups in total. The predicted octanol–water partition coefficient (Wildman–Crippen LogP) is 1.06. The Morgan fingerprint density at radius 2 is 2.05 bits per heavy atom. The Labute approximate surface area is 124 Å². The molecule has 1 aromatic heterocycles. The zero-order chi connectivity index (χ0) is 14.4. The van der Waals surface area contributed by atoms with Crippen LogP contribution in [0.2, 0.25) is 0 Å². The number of amides is 1. The average molecular weight is 289 g/mol. The molecule has 1 saturated carbocycles. The van der Waals surface area contributed by atoms with Gasteiger partial charge in [-0.25, -0.2) is 0 Å². The summed E-state index contributed by atoms with van der Waals surface area (Å²) in [5, 5.41) is 10.6. The van der Waals surface area contributed by atoms with Crippen molar-refractivity contribution in [1.29, 1.82) is 0 Å². The van der Waals surface area contributed by atoms with Crippen LogP contribution in [0.3, 0.4) is 0 Å². The molecule has 3 saturated heterocycles. The predicted molar refractivity (Wildman–Crippen MR) is 77.8 cm³/mol. The molecule has 2 bridgehead atoms. The first kappa shape index (κ1) is 13.2. The third kappa shape index (κ3) is 2.57. The Morgan fingerprint density at radius 1 is 1.19 bits per heavy atom. The van der Waals surface area contributed by atoms with E-state index in [0.29, 0.717) is 23.3 Å². The number of hydrogen-bond donors (Lipinski definition) is 1. The number of hydrogen-bond acceptors (Lipinski definition) is 4. The highest BCUT2D eigenvalue weighted by molar-refractivity contribution is 5.93. The van der Waals surface area contributed by atoms with Crippen LogP contribution in [0.25, 0.3) is 0 Å². The number of nitrogens with one attached hydrogen (secondary N) is 1. The molecule has 6 heteroatoms. The lowest BCUT2D eigenvalue weighted by Crippen LogP contribution is -2.45. The van der Waals surface area contributed by atoms with Crippen LogP contribution < -0.4 is 0 Å². The molecule has 1 aliphatic carbocycles. The fraction of sp³-hybridized carbons (Fsp3) is 0.800. The van der Waals surface area contributed by atoms with E-state index >= 15 is 0 Å². The molecule has 0 unspecified atom stereocenters. The standard InChI is InChI=1S/C15H23N5O/c1-10-14(17-18-16-10)15(21)20-8-12-4-5-13(9-20)19(7-12)6-11-2-3-11/h11-13H,2-9H2,1H3,(H,16,17,18)/t12-,13-/m0/s1. The summed E-state index contributed by atoms with van der Waals surface area (Å²) in [6.07, 6.45) is 5.29. The Kier molecular flexibility index (Phi) is 3.21. The summed E-state index contributed by atoms with van der Waals surface area (Å²) < 4.78 is 0. The number of rotatable bonds is 3. The highest BCUT2D eigenvalue weighted by Crippen LogP contribution is 2.35. The molecule has 114 valence electrons. The van der Waals surface area contributed by atoms with Crippen molar-refractivity contribution in [3.05, 3.63) is 11.4 Å². The van der Waals surface area contributed by atoms with Gasteiger partial charge >= 0.3 is 0 Å². The number of aryl methyl sites for hydroxylation is 1. The number of piperidine rings is 1. The average Bonchev–Trinajstić information content (AvgIpc) is 3.24. The zero-order valence-electron chi connectivity index (χ0n) is 12.6. The van der Waals surface area contributed by atoms with Crippen molar-refractivity contribution in [3.8, 4) is 0 Å². The molecule has 0 aromatic carbocycles. The van der Waals surface area contributed by atoms with Gasteiger partial charge in [0.1, 0.15) is 0 Å². The smallest absolute Gasteiger partial charge is 0.276 e. The van der Waals surface area contributed by atoms with Gasteiger partial charge in [0, 0.05) is 32.2 Å². The van der Waals surface area contributed by atoms with Gasteiger partial charge in [-0.2, -0.15) is 15.4 Å². The maximum Gasteiger partial charge on any atom is 0.276 e. The molecule has 21 heavy (non-hydrogen) atoms. The first-order valence-electron chi connectivity index (χ1n) is 8.11. The maximum absolute atomic E-state index is 12.7. The van der Waals surface area contributed by atoms with Crippen LogP contribution in [0.15, 0.2) is 0 Å². The first-order chi connectivity index (χ1) is 10.2. The van der Waals surface area contributed by atoms with Crippen LogP contribution in [0.4, 0.5) is 0 Å². The van der Waals surface area contributed by atoms with Gasteiger partial charge in [-0.3, -0.25) is 9.69 Å². The molecular weight excluding hydrogens is 266 g/mol. The number of carbonyl (C=O) groups is 1. The van der Waals surface area contributed by atoms with E-state index in [0.717, 1.165) is 19.0 Å². The number of aromatic nitrogens is 3. The van der Waals surface area contributed by atoms with Crippen LogP contribution in [-0.2, 0) is 0 Å². The highest BCUT2D eigenvalue weighted by Gasteiger charge is 2.39. The van der Waals surface area contributed by atoms with Gasteiger partial charge in [0.05, 0.1) is 5.69 Å². The number of H-pyrrole nitrogens is 1. The van der Waals surface area contributed by atoms with Crippen LogP contribution in [0.5, 0.6) is 0 Å². The fourth-order valence-corrected chi connectivity index (χ4v) is 3.84. The van der Waals surface area contributed by atoms with Crippen molar-refractivity contribution in [3.63, 3.8) is 0 Å². The van der Waals surface area contributed by atoms with Gasteiger partial charge in [-0.05, 0) is 44.4 Å². The van der Waals surface area contributed by atoms with Crippen molar-refractivity contribution >= 4 is 5.91 Å². The largest absolute Gasteiger partial charge is 0.335 e. The van der Waals surface area contributed by atoms with Gasteiger partial charge in [0.15, 0.2) is 5.69 Å². The summed E-state index contributed by atoms with van der Waals surface area (Å²) in [6.45, 7) is 5.98. The van der Waals surface area contributed by atoms with Gasteiger partial charge in [0.25, 0.3) is 5.91 Å². The summed E-state index contributed by atoms with van der Waals surface area (Å²) in [4.78, 5) is 17.3. The molecular formula is C15H23N5O. The molecule has 3 aliphatic heterocycles. The van der Waals surface area contributed by atoms with E-state index in [1.54, 1.807) is 0 Å². The number of nitrogens with zero attached hydrogens (tertiary/aromatic N) is 4. The van der Waals surface area contributed by atoms with Crippen molar-refractivity contribution in [1.82, 2.24) is 25.2 Å². The lowest BCUT2D eigenvalue weighted by Gasteiger charge is -2.36. The first-order valence-corrected chi connectivity index (χ1v) is 8.11. The Morgan fingerprint density at radius 3 is 2.76 bits per heavy atom. The molecule has 1 amide bonds. The normalized spacial score (nSPS) is 29.7. The quantitative estimate of drug-likeness (QED) is 0.903. The van der Waals surface area contributed by atoms with Gasteiger partial charge < -0.3 is 4.90 Å². The molecule has 0 radical (unpaired) electrons. The van der Waals surface area contributed by atoms with Crippen molar-refractivity contribution in [2.75, 3.05) is 26.2 Å². The minimum absolute atomic E-state index is 0.0476. The van der Waals surface area contributed by atoms with Gasteiger partial charge in [-0.15, -0.1) is 0 Å². The second kappa shape index (κ2) is 5.09. The summed E-state index contributed by atoms with van der Waals surface area (Å²) in [7, 11) is 0. The molecule has 4 heterocycles. The molecule has 6 nitrogen and oxygen atoms in total. The third-order valence-corrected chi connectivity index (χ3v) is 5.23. The Balaban J connectivity index is 1.50. The van der Waals surface area contributed by atoms with E-state index in [1.807, 2.05) is 11.8 Å². The molecule has 5 rings (SSSR count). The van der Waals surface area contributed by atoms with Crippen molar-refractivity contribution in [2.45, 2.75) is 38.6 Å². The minimum atomic E-state index is 0.0476. The van der Waals surface area contributed by atoms with Gasteiger partial charge in [0.2, 0.25) is 0 Å². The SMILES string of the molecule is Cc1n[nH]nc1C(=O)N1C[C@H]2CC[C@@H](C1)N(CC1CC1)C2. The number of fused-ring (bicyclic) bond motifs is 4. The lowest BCUT2D eigenvalue weighted by atomic mass is 9.95. The molecule has 4 aliphatic rings.